The lowest BCUT2D eigenvalue weighted by atomic mass is 9.82. The van der Waals surface area contributed by atoms with Crippen LogP contribution < -0.4 is 16.4 Å². The van der Waals surface area contributed by atoms with Crippen LogP contribution in [0.1, 0.15) is 66.6 Å². The van der Waals surface area contributed by atoms with Gasteiger partial charge in [-0.3, -0.25) is 4.79 Å². The molecule has 10 heteroatoms. The van der Waals surface area contributed by atoms with E-state index in [1.54, 1.807) is 19.9 Å². The molecule has 1 aliphatic carbocycles. The Labute approximate surface area is 225 Å². The summed E-state index contributed by atoms with van der Waals surface area (Å²) in [6.45, 7) is 4.70. The van der Waals surface area contributed by atoms with Gasteiger partial charge in [0.05, 0.1) is 22.9 Å². The highest BCUT2D eigenvalue weighted by molar-refractivity contribution is 5.95. The van der Waals surface area contributed by atoms with E-state index in [2.05, 4.69) is 10.6 Å². The largest absolute Gasteiger partial charge is 0.458 e. The Kier molecular flexibility index (Phi) is 7.37. The predicted octanol–water partition coefficient (Wildman–Crippen LogP) is 2.20. The monoisotopic (exact) mass is 536 g/mol. The third-order valence-electron chi connectivity index (χ3n) is 8.22. The van der Waals surface area contributed by atoms with Gasteiger partial charge in [0.15, 0.2) is 5.60 Å². The maximum atomic E-state index is 14.6. The number of carbonyl (C=O) groups excluding carboxylic acids is 3. The van der Waals surface area contributed by atoms with Crippen LogP contribution in [0, 0.1) is 12.7 Å². The van der Waals surface area contributed by atoms with Crippen LogP contribution >= 0.6 is 0 Å². The molecule has 1 aromatic heterocycles. The molecule has 1 aromatic carbocycles. The number of hydrogen-bond acceptors (Lipinski definition) is 9. The van der Waals surface area contributed by atoms with E-state index in [4.69, 9.17) is 15.5 Å². The lowest BCUT2D eigenvalue weighted by Crippen LogP contribution is -2.45. The first-order valence-corrected chi connectivity index (χ1v) is 13.4. The van der Waals surface area contributed by atoms with Crippen LogP contribution in [0.5, 0.6) is 0 Å². The van der Waals surface area contributed by atoms with Crippen molar-refractivity contribution < 1.29 is 28.6 Å². The van der Waals surface area contributed by atoms with Gasteiger partial charge in [0.25, 0.3) is 0 Å². The first-order valence-electron chi connectivity index (χ1n) is 13.4. The minimum atomic E-state index is -1.93. The fraction of sp³-hybridized carbons (Fsp3) is 0.448. The number of aldehydes is 2. The summed E-state index contributed by atoms with van der Waals surface area (Å²) in [4.78, 5) is 38.7. The van der Waals surface area contributed by atoms with Crippen LogP contribution in [-0.2, 0) is 32.1 Å². The average molecular weight is 537 g/mol. The van der Waals surface area contributed by atoms with Gasteiger partial charge in [-0.1, -0.05) is 6.92 Å². The molecule has 6 rings (SSSR count). The molecule has 3 aliphatic heterocycles. The first kappa shape index (κ1) is 27.1. The van der Waals surface area contributed by atoms with Gasteiger partial charge >= 0.3 is 5.97 Å². The summed E-state index contributed by atoms with van der Waals surface area (Å²) in [5.41, 5.74) is 10.1. The van der Waals surface area contributed by atoms with Gasteiger partial charge in [0, 0.05) is 40.7 Å². The molecule has 4 heterocycles. The topological polar surface area (TPSA) is 144 Å². The smallest absolute Gasteiger partial charge is 0.343 e. The molecule has 1 saturated heterocycles. The van der Waals surface area contributed by atoms with Crippen LogP contribution in [0.4, 0.5) is 4.39 Å². The zero-order valence-corrected chi connectivity index (χ0v) is 22.1. The van der Waals surface area contributed by atoms with Gasteiger partial charge < -0.3 is 31.0 Å². The van der Waals surface area contributed by atoms with Crippen LogP contribution in [0.2, 0.25) is 0 Å². The fourth-order valence-corrected chi connectivity index (χ4v) is 5.93. The molecular weight excluding hydrogens is 503 g/mol. The van der Waals surface area contributed by atoms with Crippen LogP contribution in [0.3, 0.4) is 0 Å². The van der Waals surface area contributed by atoms with E-state index in [0.717, 1.165) is 47.7 Å². The highest BCUT2D eigenvalue weighted by atomic mass is 19.1. The van der Waals surface area contributed by atoms with E-state index in [1.165, 1.54) is 6.07 Å². The summed E-state index contributed by atoms with van der Waals surface area (Å²) in [5, 5.41) is 18.2. The summed E-state index contributed by atoms with van der Waals surface area (Å²) >= 11 is 0. The van der Waals surface area contributed by atoms with Crippen molar-refractivity contribution in [2.75, 3.05) is 13.2 Å². The molecule has 9 nitrogen and oxygen atoms in total. The van der Waals surface area contributed by atoms with E-state index in [-0.39, 0.29) is 42.1 Å². The second-order valence-corrected chi connectivity index (χ2v) is 10.5. The van der Waals surface area contributed by atoms with Crippen LogP contribution in [-0.4, -0.2) is 53.4 Å². The van der Waals surface area contributed by atoms with Gasteiger partial charge in [-0.25, -0.2) is 14.2 Å². The van der Waals surface area contributed by atoms with Crippen molar-refractivity contribution in [1.29, 1.82) is 0 Å². The van der Waals surface area contributed by atoms with E-state index < -0.39 is 11.6 Å². The van der Waals surface area contributed by atoms with Crippen LogP contribution in [0.15, 0.2) is 23.3 Å². The summed E-state index contributed by atoms with van der Waals surface area (Å²) in [7, 11) is 0. The number of carbonyl (C=O) groups is 3. The van der Waals surface area contributed by atoms with E-state index in [1.807, 2.05) is 0 Å². The summed E-state index contributed by atoms with van der Waals surface area (Å²) in [6, 6.07) is 1.40. The molecule has 5 N–H and O–H groups in total. The van der Waals surface area contributed by atoms with Gasteiger partial charge in [0.1, 0.15) is 25.0 Å². The van der Waals surface area contributed by atoms with Crippen LogP contribution in [0.25, 0.3) is 16.6 Å². The number of halogens is 1. The summed E-state index contributed by atoms with van der Waals surface area (Å²) in [6.07, 6.45) is 6.80. The van der Waals surface area contributed by atoms with Crippen molar-refractivity contribution >= 4 is 35.1 Å². The molecule has 0 radical (unpaired) electrons. The number of aromatic nitrogens is 1. The molecule has 1 fully saturated rings. The number of fused-ring (bicyclic) bond motifs is 2. The molecule has 4 aliphatic rings. The normalized spacial score (nSPS) is 26.6. The van der Waals surface area contributed by atoms with Gasteiger partial charge in [-0.15, -0.1) is 0 Å². The Morgan fingerprint density at radius 2 is 2.10 bits per heavy atom. The Morgan fingerprint density at radius 3 is 2.74 bits per heavy atom. The van der Waals surface area contributed by atoms with Crippen molar-refractivity contribution in [1.82, 2.24) is 15.6 Å². The quantitative estimate of drug-likeness (QED) is 0.342. The number of pyridine rings is 1. The number of aliphatic hydroxyl groups is 1. The minimum Gasteiger partial charge on any atom is -0.458 e. The molecular formula is C29H33FN4O5. The van der Waals surface area contributed by atoms with Crippen molar-refractivity contribution in [3.05, 3.63) is 57.1 Å². The molecule has 0 amide bonds. The highest BCUT2D eigenvalue weighted by Crippen LogP contribution is 2.42. The lowest BCUT2D eigenvalue weighted by Gasteiger charge is -2.31. The number of ether oxygens (including phenoxy) is 1. The maximum Gasteiger partial charge on any atom is 0.343 e. The standard InChI is InChI=1S/C24H24FN3O4.C5H9NO/c1-3-24(31)15(12(9-29)10-32-23(24)30)6-19-22-14(8-27-19)20-17(26)5-4-13-11(2)16(25)7-18(28-22)21(13)20;7-4-5-2-1-3-6-5/h6-7,9,17,27,31H,3-5,8,10,26H2,1-2H3;4-6H,1-3H2/b19-6-;. The molecule has 2 aromatic rings. The molecule has 3 unspecified atom stereocenters. The SMILES string of the molecule is CCC1(O)C(=O)OCC(C=O)=C1/C=C1\NCc2c1nc1cc(F)c(C)c3c1c2C(N)CC3.O=CC1CCCN1. The third kappa shape index (κ3) is 4.56. The Hall–Kier alpha value is -3.47. The highest BCUT2D eigenvalue weighted by Gasteiger charge is 2.44. The Balaban J connectivity index is 0.000000384. The first-order chi connectivity index (χ1) is 18.7. The predicted molar refractivity (Wildman–Crippen MR) is 143 cm³/mol. The molecule has 0 spiro atoms. The van der Waals surface area contributed by atoms with Gasteiger partial charge in [-0.05, 0) is 68.3 Å². The van der Waals surface area contributed by atoms with Crippen molar-refractivity contribution in [2.24, 2.45) is 5.73 Å². The number of cyclic esters (lactones) is 1. The third-order valence-corrected chi connectivity index (χ3v) is 8.22. The van der Waals surface area contributed by atoms with Crippen molar-refractivity contribution in [3.63, 3.8) is 0 Å². The Bertz CT molecular complexity index is 1430. The van der Waals surface area contributed by atoms with Gasteiger partial charge in [0.2, 0.25) is 0 Å². The van der Waals surface area contributed by atoms with E-state index in [9.17, 15) is 23.9 Å². The second-order valence-electron chi connectivity index (χ2n) is 10.5. The number of esters is 1. The fourth-order valence-electron chi connectivity index (χ4n) is 5.93. The number of aryl methyl sites for hydroxylation is 1. The average Bonchev–Trinajstić information content (AvgIpc) is 3.61. The number of rotatable bonds is 4. The Morgan fingerprint density at radius 1 is 1.31 bits per heavy atom. The molecule has 0 saturated carbocycles. The molecule has 0 bridgehead atoms. The van der Waals surface area contributed by atoms with Crippen molar-refractivity contribution in [3.8, 4) is 0 Å². The molecule has 39 heavy (non-hydrogen) atoms. The number of benzene rings is 1. The molecule has 3 atom stereocenters. The number of nitrogens with zero attached hydrogens (tertiary/aromatic N) is 1. The van der Waals surface area contributed by atoms with Crippen molar-refractivity contribution in [2.45, 2.75) is 70.2 Å². The number of nitrogens with one attached hydrogen (secondary N) is 2. The molecule has 206 valence electrons. The summed E-state index contributed by atoms with van der Waals surface area (Å²) in [5.74, 6) is -1.10. The number of nitrogens with two attached hydrogens (primary N) is 1. The second kappa shape index (κ2) is 10.6. The van der Waals surface area contributed by atoms with E-state index in [0.29, 0.717) is 48.1 Å². The van der Waals surface area contributed by atoms with Gasteiger partial charge in [-0.2, -0.15) is 0 Å². The lowest BCUT2D eigenvalue weighted by molar-refractivity contribution is -0.162. The van der Waals surface area contributed by atoms with E-state index >= 15 is 0 Å². The summed E-state index contributed by atoms with van der Waals surface area (Å²) < 4.78 is 19.6. The zero-order valence-electron chi connectivity index (χ0n) is 22.1. The minimum absolute atomic E-state index is 0.0459. The zero-order chi connectivity index (χ0) is 27.9. The number of hydrogen-bond donors (Lipinski definition) is 4. The maximum absolute atomic E-state index is 14.6.